The molecule has 2 rings (SSSR count). The Labute approximate surface area is 127 Å². The van der Waals surface area contributed by atoms with Gasteiger partial charge in [-0.2, -0.15) is 0 Å². The third-order valence-electron chi connectivity index (χ3n) is 4.19. The maximum Gasteiger partial charge on any atom is 0.257 e. The van der Waals surface area contributed by atoms with E-state index in [4.69, 9.17) is 0 Å². The molecule has 0 aliphatic heterocycles. The molecule has 1 aliphatic carbocycles. The van der Waals surface area contributed by atoms with Crippen LogP contribution in [0.2, 0.25) is 0 Å². The van der Waals surface area contributed by atoms with E-state index >= 15 is 0 Å². The van der Waals surface area contributed by atoms with E-state index in [9.17, 15) is 4.79 Å². The molecule has 0 bridgehead atoms. The highest BCUT2D eigenvalue weighted by molar-refractivity contribution is 5.96. The van der Waals surface area contributed by atoms with Gasteiger partial charge >= 0.3 is 0 Å². The molecule has 1 aromatic heterocycles. The Morgan fingerprint density at radius 3 is 2.19 bits per heavy atom. The standard InChI is InChI=1S/C16H26N4O/c1-5-13-15(14(6-2)18-11-17-13)16(21)20(4)10-9-19(3)12-7-8-12/h11-12H,5-10H2,1-4H3. The predicted octanol–water partition coefficient (Wildman–Crippen LogP) is 1.77. The number of aromatic nitrogens is 2. The molecule has 5 nitrogen and oxygen atoms in total. The van der Waals surface area contributed by atoms with Gasteiger partial charge in [-0.25, -0.2) is 9.97 Å². The summed E-state index contributed by atoms with van der Waals surface area (Å²) in [4.78, 5) is 25.4. The average Bonchev–Trinajstić information content (AvgIpc) is 3.35. The van der Waals surface area contributed by atoms with Crippen molar-refractivity contribution < 1.29 is 4.79 Å². The lowest BCUT2D eigenvalue weighted by Gasteiger charge is -2.23. The lowest BCUT2D eigenvalue weighted by atomic mass is 10.1. The number of nitrogens with zero attached hydrogens (tertiary/aromatic N) is 4. The molecular weight excluding hydrogens is 264 g/mol. The summed E-state index contributed by atoms with van der Waals surface area (Å²) in [7, 11) is 4.01. The summed E-state index contributed by atoms with van der Waals surface area (Å²) in [6, 6.07) is 0.728. The smallest absolute Gasteiger partial charge is 0.257 e. The topological polar surface area (TPSA) is 49.3 Å². The summed E-state index contributed by atoms with van der Waals surface area (Å²) < 4.78 is 0. The molecule has 21 heavy (non-hydrogen) atoms. The highest BCUT2D eigenvalue weighted by atomic mass is 16.2. The minimum Gasteiger partial charge on any atom is -0.340 e. The van der Waals surface area contributed by atoms with Crippen molar-refractivity contribution in [1.82, 2.24) is 19.8 Å². The Hall–Kier alpha value is -1.49. The van der Waals surface area contributed by atoms with Crippen molar-refractivity contribution in [2.24, 2.45) is 0 Å². The van der Waals surface area contributed by atoms with Gasteiger partial charge in [-0.1, -0.05) is 13.8 Å². The highest BCUT2D eigenvalue weighted by Gasteiger charge is 2.26. The van der Waals surface area contributed by atoms with E-state index in [0.29, 0.717) is 5.56 Å². The zero-order valence-corrected chi connectivity index (χ0v) is 13.6. The molecule has 0 atom stereocenters. The van der Waals surface area contributed by atoms with Gasteiger partial charge in [0.05, 0.1) is 17.0 Å². The zero-order chi connectivity index (χ0) is 15.4. The van der Waals surface area contributed by atoms with Crippen LogP contribution in [0.5, 0.6) is 0 Å². The first kappa shape index (κ1) is 15.9. The Balaban J connectivity index is 2.07. The Kier molecular flexibility index (Phi) is 5.28. The predicted molar refractivity (Wildman–Crippen MR) is 83.4 cm³/mol. The van der Waals surface area contributed by atoms with E-state index in [2.05, 4.69) is 21.9 Å². The molecule has 1 heterocycles. The number of likely N-dealkylation sites (N-methyl/N-ethyl adjacent to an activating group) is 2. The summed E-state index contributed by atoms with van der Waals surface area (Å²) >= 11 is 0. The van der Waals surface area contributed by atoms with E-state index in [1.807, 2.05) is 20.9 Å². The second-order valence-corrected chi connectivity index (χ2v) is 5.79. The van der Waals surface area contributed by atoms with Crippen LogP contribution in [0.15, 0.2) is 6.33 Å². The van der Waals surface area contributed by atoms with Crippen LogP contribution in [-0.4, -0.2) is 58.9 Å². The number of aryl methyl sites for hydroxylation is 2. The van der Waals surface area contributed by atoms with Crippen LogP contribution in [0.3, 0.4) is 0 Å². The van der Waals surface area contributed by atoms with E-state index in [-0.39, 0.29) is 5.91 Å². The quantitative estimate of drug-likeness (QED) is 0.768. The fraction of sp³-hybridized carbons (Fsp3) is 0.688. The molecular formula is C16H26N4O. The van der Waals surface area contributed by atoms with Gasteiger partial charge in [0.2, 0.25) is 0 Å². The van der Waals surface area contributed by atoms with Gasteiger partial charge in [0.25, 0.3) is 5.91 Å². The van der Waals surface area contributed by atoms with Crippen molar-refractivity contribution >= 4 is 5.91 Å². The van der Waals surface area contributed by atoms with E-state index in [1.54, 1.807) is 11.2 Å². The number of hydrogen-bond acceptors (Lipinski definition) is 4. The molecule has 0 unspecified atom stereocenters. The molecule has 0 saturated heterocycles. The fourth-order valence-corrected chi connectivity index (χ4v) is 2.54. The van der Waals surface area contributed by atoms with Crippen LogP contribution in [0.1, 0.15) is 48.4 Å². The van der Waals surface area contributed by atoms with Gasteiger partial charge in [-0.3, -0.25) is 4.79 Å². The van der Waals surface area contributed by atoms with Gasteiger partial charge < -0.3 is 9.80 Å². The molecule has 1 saturated carbocycles. The van der Waals surface area contributed by atoms with Gasteiger partial charge in [0.15, 0.2) is 0 Å². The van der Waals surface area contributed by atoms with Crippen molar-refractivity contribution in [3.63, 3.8) is 0 Å². The molecule has 0 spiro atoms. The molecule has 1 aliphatic rings. The van der Waals surface area contributed by atoms with Crippen LogP contribution >= 0.6 is 0 Å². The van der Waals surface area contributed by atoms with Crippen molar-refractivity contribution in [2.45, 2.75) is 45.6 Å². The lowest BCUT2D eigenvalue weighted by molar-refractivity contribution is 0.0778. The number of hydrogen-bond donors (Lipinski definition) is 0. The molecule has 0 N–H and O–H groups in total. The van der Waals surface area contributed by atoms with Gasteiger partial charge in [-0.15, -0.1) is 0 Å². The molecule has 1 fully saturated rings. The zero-order valence-electron chi connectivity index (χ0n) is 13.6. The second kappa shape index (κ2) is 6.98. The molecule has 5 heteroatoms. The first-order valence-electron chi connectivity index (χ1n) is 7.86. The third-order valence-corrected chi connectivity index (χ3v) is 4.19. The average molecular weight is 290 g/mol. The molecule has 0 aromatic carbocycles. The maximum atomic E-state index is 12.7. The van der Waals surface area contributed by atoms with Crippen molar-refractivity contribution in [3.05, 3.63) is 23.3 Å². The SMILES string of the molecule is CCc1ncnc(CC)c1C(=O)N(C)CCN(C)C1CC1. The fourth-order valence-electron chi connectivity index (χ4n) is 2.54. The summed E-state index contributed by atoms with van der Waals surface area (Å²) in [6.07, 6.45) is 5.66. The largest absolute Gasteiger partial charge is 0.340 e. The van der Waals surface area contributed by atoms with Crippen LogP contribution in [0, 0.1) is 0 Å². The summed E-state index contributed by atoms with van der Waals surface area (Å²) in [5.74, 6) is 0.0495. The molecule has 116 valence electrons. The Morgan fingerprint density at radius 1 is 1.14 bits per heavy atom. The molecule has 1 aromatic rings. The van der Waals surface area contributed by atoms with Gasteiger partial charge in [-0.05, 0) is 32.7 Å². The lowest BCUT2D eigenvalue weighted by Crippen LogP contribution is -2.36. The van der Waals surface area contributed by atoms with Crippen LogP contribution in [0.4, 0.5) is 0 Å². The number of carbonyl (C=O) groups excluding carboxylic acids is 1. The number of carbonyl (C=O) groups is 1. The van der Waals surface area contributed by atoms with Crippen LogP contribution in [0.25, 0.3) is 0 Å². The minimum atomic E-state index is 0.0495. The second-order valence-electron chi connectivity index (χ2n) is 5.79. The monoisotopic (exact) mass is 290 g/mol. The first-order chi connectivity index (χ1) is 10.1. The van der Waals surface area contributed by atoms with E-state index < -0.39 is 0 Å². The Morgan fingerprint density at radius 2 is 1.71 bits per heavy atom. The minimum absolute atomic E-state index is 0.0495. The van der Waals surface area contributed by atoms with Crippen LogP contribution in [-0.2, 0) is 12.8 Å². The normalized spacial score (nSPS) is 14.5. The van der Waals surface area contributed by atoms with Crippen molar-refractivity contribution in [2.75, 3.05) is 27.2 Å². The van der Waals surface area contributed by atoms with Crippen molar-refractivity contribution in [1.29, 1.82) is 0 Å². The third kappa shape index (κ3) is 3.79. The maximum absolute atomic E-state index is 12.7. The Bertz CT molecular complexity index is 477. The summed E-state index contributed by atoms with van der Waals surface area (Å²) in [6.45, 7) is 5.72. The molecule has 1 amide bonds. The van der Waals surface area contributed by atoms with Crippen LogP contribution < -0.4 is 0 Å². The summed E-state index contributed by atoms with van der Waals surface area (Å²) in [5, 5.41) is 0. The van der Waals surface area contributed by atoms with E-state index in [0.717, 1.165) is 43.4 Å². The first-order valence-corrected chi connectivity index (χ1v) is 7.86. The number of rotatable bonds is 7. The van der Waals surface area contributed by atoms with Gasteiger partial charge in [0, 0.05) is 26.2 Å². The van der Waals surface area contributed by atoms with E-state index in [1.165, 1.54) is 12.8 Å². The van der Waals surface area contributed by atoms with Gasteiger partial charge in [0.1, 0.15) is 6.33 Å². The van der Waals surface area contributed by atoms with Crippen molar-refractivity contribution in [3.8, 4) is 0 Å². The molecule has 0 radical (unpaired) electrons. The highest BCUT2D eigenvalue weighted by Crippen LogP contribution is 2.25. The summed E-state index contributed by atoms with van der Waals surface area (Å²) in [5.41, 5.74) is 2.42. The number of amides is 1.